The number of anilines is 1. The van der Waals surface area contributed by atoms with Crippen LogP contribution in [0.2, 0.25) is 0 Å². The summed E-state index contributed by atoms with van der Waals surface area (Å²) in [6.07, 6.45) is 7.99. The zero-order chi connectivity index (χ0) is 12.7. The van der Waals surface area contributed by atoms with Gasteiger partial charge in [0, 0.05) is 11.3 Å². The van der Waals surface area contributed by atoms with Gasteiger partial charge in [-0.3, -0.25) is 4.79 Å². The van der Waals surface area contributed by atoms with Crippen molar-refractivity contribution >= 4 is 11.6 Å². The number of carbonyl (C=O) groups excluding carboxylic acids is 1. The molecule has 3 nitrogen and oxygen atoms in total. The molecule has 17 heavy (non-hydrogen) atoms. The average molecular weight is 230 g/mol. The summed E-state index contributed by atoms with van der Waals surface area (Å²) in [5.74, 6) is 2.36. The van der Waals surface area contributed by atoms with Crippen LogP contribution >= 0.6 is 0 Å². The Kier molecular flexibility index (Phi) is 5.25. The molecule has 1 aromatic carbocycles. The lowest BCUT2D eigenvalue weighted by Gasteiger charge is -2.11. The highest BCUT2D eigenvalue weighted by Gasteiger charge is 2.12. The van der Waals surface area contributed by atoms with Gasteiger partial charge in [0.2, 0.25) is 5.91 Å². The maximum Gasteiger partial charge on any atom is 0.241 e. The second-order valence-corrected chi connectivity index (χ2v) is 3.96. The SMILES string of the molecule is C#Cc1cccc(NC(=O)C(N)CCCC)c1. The van der Waals surface area contributed by atoms with E-state index in [0.29, 0.717) is 12.1 Å². The van der Waals surface area contributed by atoms with Crippen LogP contribution in [-0.4, -0.2) is 11.9 Å². The first-order valence-corrected chi connectivity index (χ1v) is 5.80. The van der Waals surface area contributed by atoms with E-state index in [1.165, 1.54) is 0 Å². The lowest BCUT2D eigenvalue weighted by molar-refractivity contribution is -0.117. The fourth-order valence-corrected chi connectivity index (χ4v) is 1.48. The number of nitrogens with one attached hydrogen (secondary N) is 1. The molecule has 0 saturated heterocycles. The van der Waals surface area contributed by atoms with Crippen molar-refractivity contribution in [1.29, 1.82) is 0 Å². The van der Waals surface area contributed by atoms with Crippen LogP contribution in [0.5, 0.6) is 0 Å². The summed E-state index contributed by atoms with van der Waals surface area (Å²) in [6.45, 7) is 2.07. The summed E-state index contributed by atoms with van der Waals surface area (Å²) in [5.41, 5.74) is 7.20. The predicted molar refractivity (Wildman–Crippen MR) is 70.5 cm³/mol. The quantitative estimate of drug-likeness (QED) is 0.761. The van der Waals surface area contributed by atoms with Crippen molar-refractivity contribution in [3.8, 4) is 12.3 Å². The molecule has 1 unspecified atom stereocenters. The van der Waals surface area contributed by atoms with Crippen LogP contribution in [0.4, 0.5) is 5.69 Å². The predicted octanol–water partition coefficient (Wildman–Crippen LogP) is 2.12. The zero-order valence-corrected chi connectivity index (χ0v) is 10.1. The van der Waals surface area contributed by atoms with Gasteiger partial charge in [-0.25, -0.2) is 0 Å². The second kappa shape index (κ2) is 6.72. The van der Waals surface area contributed by atoms with Crippen molar-refractivity contribution in [2.24, 2.45) is 5.73 Å². The highest BCUT2D eigenvalue weighted by atomic mass is 16.2. The molecule has 0 aromatic heterocycles. The minimum absolute atomic E-state index is 0.160. The third kappa shape index (κ3) is 4.29. The molecule has 0 bridgehead atoms. The summed E-state index contributed by atoms with van der Waals surface area (Å²) in [7, 11) is 0. The molecular formula is C14H18N2O. The largest absolute Gasteiger partial charge is 0.325 e. The van der Waals surface area contributed by atoms with E-state index in [4.69, 9.17) is 12.2 Å². The highest BCUT2D eigenvalue weighted by molar-refractivity contribution is 5.94. The van der Waals surface area contributed by atoms with Crippen molar-refractivity contribution in [3.63, 3.8) is 0 Å². The fourth-order valence-electron chi connectivity index (χ4n) is 1.48. The molecule has 0 aliphatic rings. The first kappa shape index (κ1) is 13.3. The molecule has 90 valence electrons. The van der Waals surface area contributed by atoms with Crippen LogP contribution in [0.15, 0.2) is 24.3 Å². The number of hydrogen-bond donors (Lipinski definition) is 2. The molecule has 0 fully saturated rings. The van der Waals surface area contributed by atoms with Gasteiger partial charge in [-0.1, -0.05) is 31.8 Å². The smallest absolute Gasteiger partial charge is 0.241 e. The maximum atomic E-state index is 11.7. The Labute approximate surface area is 102 Å². The molecule has 3 heteroatoms. The molecule has 0 radical (unpaired) electrons. The Morgan fingerprint density at radius 3 is 3.00 bits per heavy atom. The number of terminal acetylenes is 1. The van der Waals surface area contributed by atoms with Crippen LogP contribution in [0, 0.1) is 12.3 Å². The number of hydrogen-bond acceptors (Lipinski definition) is 2. The lowest BCUT2D eigenvalue weighted by atomic mass is 10.1. The second-order valence-electron chi connectivity index (χ2n) is 3.96. The van der Waals surface area contributed by atoms with Crippen molar-refractivity contribution in [1.82, 2.24) is 0 Å². The van der Waals surface area contributed by atoms with Gasteiger partial charge >= 0.3 is 0 Å². The van der Waals surface area contributed by atoms with E-state index in [0.717, 1.165) is 18.4 Å². The first-order valence-electron chi connectivity index (χ1n) is 5.80. The lowest BCUT2D eigenvalue weighted by Crippen LogP contribution is -2.35. The van der Waals surface area contributed by atoms with Gasteiger partial charge in [-0.15, -0.1) is 6.42 Å². The van der Waals surface area contributed by atoms with Crippen molar-refractivity contribution in [2.45, 2.75) is 32.2 Å². The Morgan fingerprint density at radius 2 is 2.35 bits per heavy atom. The minimum atomic E-state index is -0.454. The molecule has 1 amide bonds. The van der Waals surface area contributed by atoms with Gasteiger partial charge < -0.3 is 11.1 Å². The number of rotatable bonds is 5. The number of benzene rings is 1. The van der Waals surface area contributed by atoms with Crippen molar-refractivity contribution in [2.75, 3.05) is 5.32 Å². The molecule has 1 atom stereocenters. The zero-order valence-electron chi connectivity index (χ0n) is 10.1. The van der Waals surface area contributed by atoms with E-state index in [1.54, 1.807) is 12.1 Å². The summed E-state index contributed by atoms with van der Waals surface area (Å²) in [6, 6.07) is 6.72. The maximum absolute atomic E-state index is 11.7. The van der Waals surface area contributed by atoms with Crippen molar-refractivity contribution in [3.05, 3.63) is 29.8 Å². The topological polar surface area (TPSA) is 55.1 Å². The van der Waals surface area contributed by atoms with Gasteiger partial charge in [0.05, 0.1) is 6.04 Å². The molecule has 0 saturated carbocycles. The highest BCUT2D eigenvalue weighted by Crippen LogP contribution is 2.10. The Bertz CT molecular complexity index is 420. The summed E-state index contributed by atoms with van der Waals surface area (Å²) >= 11 is 0. The van der Waals surface area contributed by atoms with Crippen LogP contribution in [-0.2, 0) is 4.79 Å². The summed E-state index contributed by atoms with van der Waals surface area (Å²) in [5, 5.41) is 2.77. The van der Waals surface area contributed by atoms with Crippen LogP contribution in [0.1, 0.15) is 31.7 Å². The van der Waals surface area contributed by atoms with Crippen molar-refractivity contribution < 1.29 is 4.79 Å². The third-order valence-electron chi connectivity index (χ3n) is 2.50. The van der Waals surface area contributed by atoms with Crippen LogP contribution in [0.3, 0.4) is 0 Å². The first-order chi connectivity index (χ1) is 8.17. The van der Waals surface area contributed by atoms with Crippen LogP contribution < -0.4 is 11.1 Å². The third-order valence-corrected chi connectivity index (χ3v) is 2.50. The molecule has 0 spiro atoms. The van der Waals surface area contributed by atoms with E-state index in [9.17, 15) is 4.79 Å². The molecular weight excluding hydrogens is 212 g/mol. The summed E-state index contributed by atoms with van der Waals surface area (Å²) < 4.78 is 0. The van der Waals surface area contributed by atoms with E-state index in [-0.39, 0.29) is 5.91 Å². The Balaban J connectivity index is 2.58. The molecule has 3 N–H and O–H groups in total. The van der Waals surface area contributed by atoms with Gasteiger partial charge in [0.15, 0.2) is 0 Å². The summed E-state index contributed by atoms with van der Waals surface area (Å²) in [4.78, 5) is 11.7. The average Bonchev–Trinajstić information content (AvgIpc) is 2.36. The van der Waals surface area contributed by atoms with E-state index in [2.05, 4.69) is 18.2 Å². The van der Waals surface area contributed by atoms with E-state index < -0.39 is 6.04 Å². The number of carbonyl (C=O) groups is 1. The molecule has 1 rings (SSSR count). The van der Waals surface area contributed by atoms with E-state index in [1.807, 2.05) is 12.1 Å². The Morgan fingerprint density at radius 1 is 1.59 bits per heavy atom. The number of unbranched alkanes of at least 4 members (excludes halogenated alkanes) is 1. The number of nitrogens with two attached hydrogens (primary N) is 1. The Hall–Kier alpha value is -1.79. The standard InChI is InChI=1S/C14H18N2O/c1-3-5-9-13(15)14(17)16-12-8-6-7-11(4-2)10-12/h2,6-8,10,13H,3,5,9,15H2,1H3,(H,16,17). The van der Waals surface area contributed by atoms with Gasteiger partial charge in [0.25, 0.3) is 0 Å². The van der Waals surface area contributed by atoms with Crippen LogP contribution in [0.25, 0.3) is 0 Å². The van der Waals surface area contributed by atoms with E-state index >= 15 is 0 Å². The van der Waals surface area contributed by atoms with Gasteiger partial charge in [0.1, 0.15) is 0 Å². The monoisotopic (exact) mass is 230 g/mol. The fraction of sp³-hybridized carbons (Fsp3) is 0.357. The molecule has 0 heterocycles. The number of amides is 1. The van der Waals surface area contributed by atoms with Gasteiger partial charge in [-0.05, 0) is 24.6 Å². The molecule has 0 aliphatic heterocycles. The van der Waals surface area contributed by atoms with Gasteiger partial charge in [-0.2, -0.15) is 0 Å². The minimum Gasteiger partial charge on any atom is -0.325 e. The normalized spacial score (nSPS) is 11.6. The molecule has 0 aliphatic carbocycles. The molecule has 1 aromatic rings.